The van der Waals surface area contributed by atoms with Crippen molar-refractivity contribution in [3.63, 3.8) is 0 Å². The van der Waals surface area contributed by atoms with Crippen LogP contribution in [0.2, 0.25) is 0 Å². The summed E-state index contributed by atoms with van der Waals surface area (Å²) in [7, 11) is -3.92. The van der Waals surface area contributed by atoms with Crippen LogP contribution in [0.5, 0.6) is 0 Å². The summed E-state index contributed by atoms with van der Waals surface area (Å²) in [5, 5.41) is 0. The van der Waals surface area contributed by atoms with Crippen LogP contribution >= 0.6 is 39.0 Å². The van der Waals surface area contributed by atoms with Crippen LogP contribution in [0, 0.1) is 13.8 Å². The number of halogens is 2. The third kappa shape index (κ3) is 4.84. The standard InChI is InChI=1S/C18H19BrFN3O3S3/c1-11-12(2)28-17(27-10-4-3-9-20)15-16(21-18(24)23(11)15)22-29(25,26)14-7-5-13(19)6-8-14/h5-8H,3-4,9-10H2,1-2H3,(H,21,22,24). The number of anilines is 1. The van der Waals surface area contributed by atoms with Crippen LogP contribution in [-0.2, 0) is 10.0 Å². The maximum atomic E-state index is 12.8. The number of fused-ring (bicyclic) bond motifs is 1. The molecule has 0 spiro atoms. The van der Waals surface area contributed by atoms with Crippen LogP contribution in [0.25, 0.3) is 5.69 Å². The number of benzene rings is 1. The van der Waals surface area contributed by atoms with E-state index in [9.17, 15) is 17.6 Å². The Morgan fingerprint density at radius 2 is 1.93 bits per heavy atom. The highest BCUT2D eigenvalue weighted by Gasteiger charge is 2.26. The van der Waals surface area contributed by atoms with Gasteiger partial charge < -0.3 is 0 Å². The van der Waals surface area contributed by atoms with Crippen molar-refractivity contribution in [1.29, 1.82) is 0 Å². The zero-order chi connectivity index (χ0) is 21.2. The number of rotatable bonds is 8. The van der Waals surface area contributed by atoms with E-state index in [-0.39, 0.29) is 17.4 Å². The molecule has 0 saturated carbocycles. The number of imidazole rings is 1. The molecule has 6 nitrogen and oxygen atoms in total. The molecule has 156 valence electrons. The predicted octanol–water partition coefficient (Wildman–Crippen LogP) is 4.75. The first-order chi connectivity index (χ1) is 13.7. The molecule has 29 heavy (non-hydrogen) atoms. The van der Waals surface area contributed by atoms with E-state index in [4.69, 9.17) is 0 Å². The highest BCUT2D eigenvalue weighted by Crippen LogP contribution is 2.38. The molecule has 0 aromatic heterocycles. The third-order valence-electron chi connectivity index (χ3n) is 4.25. The number of nitrogens with zero attached hydrogens (tertiary/aromatic N) is 2. The van der Waals surface area contributed by atoms with Crippen LogP contribution in [0.3, 0.4) is 0 Å². The van der Waals surface area contributed by atoms with Gasteiger partial charge in [0.05, 0.1) is 15.8 Å². The SMILES string of the molecule is Cc1sc(SCCCCF)c2c(NS(=O)(=O)c3ccc(Br)cc3)nc(=O)n-2c1C. The topological polar surface area (TPSA) is 81.1 Å². The van der Waals surface area contributed by atoms with Gasteiger partial charge in [-0.2, -0.15) is 4.98 Å². The molecule has 0 bridgehead atoms. The number of nitrogens with one attached hydrogen (secondary N) is 1. The van der Waals surface area contributed by atoms with Crippen molar-refractivity contribution in [3.05, 3.63) is 49.8 Å². The fourth-order valence-corrected chi connectivity index (χ4v) is 6.44. The highest BCUT2D eigenvalue weighted by molar-refractivity contribution is 9.10. The van der Waals surface area contributed by atoms with Gasteiger partial charge in [-0.25, -0.2) is 13.2 Å². The van der Waals surface area contributed by atoms with Crippen LogP contribution < -0.4 is 10.4 Å². The number of aryl methyl sites for hydroxylation is 1. The Bertz CT molecular complexity index is 1140. The molecule has 0 atom stereocenters. The van der Waals surface area contributed by atoms with Gasteiger partial charge in [0, 0.05) is 15.0 Å². The van der Waals surface area contributed by atoms with Gasteiger partial charge in [-0.1, -0.05) is 15.9 Å². The van der Waals surface area contributed by atoms with Crippen molar-refractivity contribution >= 4 is 54.9 Å². The molecule has 0 aliphatic carbocycles. The van der Waals surface area contributed by atoms with Crippen LogP contribution in [0.15, 0.2) is 42.6 Å². The minimum atomic E-state index is -3.92. The minimum absolute atomic E-state index is 0.00487. The summed E-state index contributed by atoms with van der Waals surface area (Å²) < 4.78 is 43.4. The lowest BCUT2D eigenvalue weighted by Gasteiger charge is -2.15. The first-order valence-electron chi connectivity index (χ1n) is 8.74. The van der Waals surface area contributed by atoms with Gasteiger partial charge in [-0.3, -0.25) is 13.7 Å². The molecular weight excluding hydrogens is 501 g/mol. The number of aromatic nitrogens is 2. The van der Waals surface area contributed by atoms with Gasteiger partial charge in [0.15, 0.2) is 5.82 Å². The molecular formula is C18H19BrFN3O3S3. The van der Waals surface area contributed by atoms with E-state index < -0.39 is 15.7 Å². The van der Waals surface area contributed by atoms with E-state index in [0.29, 0.717) is 30.0 Å². The summed E-state index contributed by atoms with van der Waals surface area (Å²) in [6, 6.07) is 6.18. The Hall–Kier alpha value is -1.43. The maximum Gasteiger partial charge on any atom is 0.354 e. The average molecular weight is 520 g/mol. The molecule has 0 fully saturated rings. The lowest BCUT2D eigenvalue weighted by molar-refractivity contribution is 0.470. The summed E-state index contributed by atoms with van der Waals surface area (Å²) in [5.41, 5.74) is 0.617. The number of sulfonamides is 1. The molecule has 0 unspecified atom stereocenters. The van der Waals surface area contributed by atoms with Gasteiger partial charge in [0.2, 0.25) is 0 Å². The Morgan fingerprint density at radius 3 is 2.59 bits per heavy atom. The second-order valence-electron chi connectivity index (χ2n) is 6.26. The quantitative estimate of drug-likeness (QED) is 0.343. The lowest BCUT2D eigenvalue weighted by Crippen LogP contribution is -2.17. The van der Waals surface area contributed by atoms with E-state index >= 15 is 0 Å². The first-order valence-corrected chi connectivity index (χ1v) is 12.8. The predicted molar refractivity (Wildman–Crippen MR) is 119 cm³/mol. The van der Waals surface area contributed by atoms with E-state index in [1.54, 1.807) is 19.1 Å². The number of unbranched alkanes of at least 4 members (excludes halogenated alkanes) is 1. The van der Waals surface area contributed by atoms with E-state index in [1.165, 1.54) is 39.8 Å². The fraction of sp³-hybridized carbons (Fsp3) is 0.333. The summed E-state index contributed by atoms with van der Waals surface area (Å²) in [6.07, 6.45) is 1.15. The van der Waals surface area contributed by atoms with Crippen molar-refractivity contribution in [1.82, 2.24) is 9.55 Å². The first kappa shape index (κ1) is 22.3. The van der Waals surface area contributed by atoms with Crippen LogP contribution in [0.4, 0.5) is 10.2 Å². The van der Waals surface area contributed by atoms with Crippen molar-refractivity contribution in [2.75, 3.05) is 17.1 Å². The molecule has 1 aromatic rings. The zero-order valence-electron chi connectivity index (χ0n) is 15.7. The Balaban J connectivity index is 2.04. The third-order valence-corrected chi connectivity index (χ3v) is 8.66. The molecule has 2 aliphatic rings. The molecule has 11 heteroatoms. The van der Waals surface area contributed by atoms with E-state index in [1.807, 2.05) is 6.92 Å². The molecule has 1 N–H and O–H groups in total. The van der Waals surface area contributed by atoms with Gasteiger partial charge in [-0.15, -0.1) is 23.1 Å². The largest absolute Gasteiger partial charge is 0.354 e. The second kappa shape index (κ2) is 9.15. The van der Waals surface area contributed by atoms with Crippen molar-refractivity contribution in [2.45, 2.75) is 35.8 Å². The molecule has 3 rings (SSSR count). The van der Waals surface area contributed by atoms with E-state index in [0.717, 1.165) is 13.6 Å². The molecule has 2 aliphatic heterocycles. The summed E-state index contributed by atoms with van der Waals surface area (Å²) in [5.74, 6) is 0.668. The van der Waals surface area contributed by atoms with Gasteiger partial charge in [-0.05, 0) is 56.7 Å². The second-order valence-corrected chi connectivity index (χ2v) is 11.4. The van der Waals surface area contributed by atoms with Gasteiger partial charge in [0.25, 0.3) is 10.0 Å². The van der Waals surface area contributed by atoms with E-state index in [2.05, 4.69) is 25.6 Å². The number of alkyl halides is 1. The smallest absolute Gasteiger partial charge is 0.261 e. The minimum Gasteiger partial charge on any atom is -0.261 e. The highest BCUT2D eigenvalue weighted by atomic mass is 79.9. The molecule has 0 amide bonds. The van der Waals surface area contributed by atoms with Gasteiger partial charge in [0.1, 0.15) is 5.69 Å². The maximum absolute atomic E-state index is 12.8. The monoisotopic (exact) mass is 519 g/mol. The summed E-state index contributed by atoms with van der Waals surface area (Å²) in [6.45, 7) is 3.32. The Morgan fingerprint density at radius 1 is 1.24 bits per heavy atom. The zero-order valence-corrected chi connectivity index (χ0v) is 19.8. The average Bonchev–Trinajstić information content (AvgIpc) is 2.98. The molecule has 0 saturated heterocycles. The number of hydrogen-bond acceptors (Lipinski definition) is 6. The lowest BCUT2D eigenvalue weighted by atomic mass is 10.4. The van der Waals surface area contributed by atoms with Crippen LogP contribution in [-0.4, -0.2) is 30.4 Å². The number of hydrogen-bond donors (Lipinski definition) is 1. The normalized spacial score (nSPS) is 11.9. The van der Waals surface area contributed by atoms with Crippen LogP contribution in [0.1, 0.15) is 23.4 Å². The molecule has 1 aromatic carbocycles. The molecule has 2 heterocycles. The van der Waals surface area contributed by atoms with Gasteiger partial charge >= 0.3 is 5.69 Å². The Kier molecular flexibility index (Phi) is 7.02. The fourth-order valence-electron chi connectivity index (χ4n) is 2.65. The molecule has 0 radical (unpaired) electrons. The summed E-state index contributed by atoms with van der Waals surface area (Å²) in [4.78, 5) is 17.5. The van der Waals surface area contributed by atoms with Crippen molar-refractivity contribution in [3.8, 4) is 5.69 Å². The van der Waals surface area contributed by atoms with Crippen molar-refractivity contribution in [2.24, 2.45) is 0 Å². The Labute approximate surface area is 185 Å². The van der Waals surface area contributed by atoms with Crippen molar-refractivity contribution < 1.29 is 12.8 Å². The summed E-state index contributed by atoms with van der Waals surface area (Å²) >= 11 is 6.22. The number of thioether (sulfide) groups is 1.